The third kappa shape index (κ3) is 2.47. The standard InChI is InChI=1S/C11H17N3OS2/c1-13-10(17-2)12-9(15)14(11(13)16)8-6-4-3-5-7-8/h8H,3-7H2,1-2H3. The van der Waals surface area contributed by atoms with E-state index < -0.39 is 0 Å². The van der Waals surface area contributed by atoms with Crippen LogP contribution in [0.15, 0.2) is 9.95 Å². The zero-order valence-corrected chi connectivity index (χ0v) is 11.8. The van der Waals surface area contributed by atoms with Crippen LogP contribution in [0.3, 0.4) is 0 Å². The van der Waals surface area contributed by atoms with E-state index in [0.29, 0.717) is 9.93 Å². The minimum Gasteiger partial charge on any atom is -0.300 e. The summed E-state index contributed by atoms with van der Waals surface area (Å²) in [5, 5.41) is 0.687. The van der Waals surface area contributed by atoms with Crippen molar-refractivity contribution >= 4 is 24.0 Å². The van der Waals surface area contributed by atoms with Gasteiger partial charge in [0.05, 0.1) is 0 Å². The number of rotatable bonds is 2. The molecule has 0 spiro atoms. The van der Waals surface area contributed by atoms with Crippen molar-refractivity contribution in [3.63, 3.8) is 0 Å². The molecule has 0 N–H and O–H groups in total. The SMILES string of the molecule is CSc1nc(=O)n(C2CCCCC2)c(=S)n1C. The molecular weight excluding hydrogens is 254 g/mol. The van der Waals surface area contributed by atoms with Crippen LogP contribution >= 0.6 is 24.0 Å². The molecule has 17 heavy (non-hydrogen) atoms. The van der Waals surface area contributed by atoms with Crippen molar-refractivity contribution in [2.24, 2.45) is 7.05 Å². The summed E-state index contributed by atoms with van der Waals surface area (Å²) in [5.74, 6) is 0. The molecule has 94 valence electrons. The van der Waals surface area contributed by atoms with Crippen LogP contribution in [-0.2, 0) is 7.05 Å². The average Bonchev–Trinajstić information content (AvgIpc) is 2.35. The quantitative estimate of drug-likeness (QED) is 0.612. The van der Waals surface area contributed by atoms with E-state index in [4.69, 9.17) is 12.2 Å². The van der Waals surface area contributed by atoms with Gasteiger partial charge in [0.25, 0.3) is 0 Å². The van der Waals surface area contributed by atoms with Crippen molar-refractivity contribution in [1.29, 1.82) is 0 Å². The minimum absolute atomic E-state index is 0.190. The molecule has 0 amide bonds. The van der Waals surface area contributed by atoms with Crippen molar-refractivity contribution in [3.8, 4) is 0 Å². The van der Waals surface area contributed by atoms with Crippen molar-refractivity contribution in [2.45, 2.75) is 43.3 Å². The number of aromatic nitrogens is 3. The van der Waals surface area contributed by atoms with Gasteiger partial charge in [0.2, 0.25) is 0 Å². The largest absolute Gasteiger partial charge is 0.352 e. The highest BCUT2D eigenvalue weighted by Crippen LogP contribution is 2.27. The van der Waals surface area contributed by atoms with Crippen LogP contribution in [0, 0.1) is 4.77 Å². The van der Waals surface area contributed by atoms with E-state index in [2.05, 4.69) is 4.98 Å². The van der Waals surface area contributed by atoms with Gasteiger partial charge in [0.15, 0.2) is 9.93 Å². The van der Waals surface area contributed by atoms with Crippen LogP contribution in [0.25, 0.3) is 0 Å². The smallest absolute Gasteiger partial charge is 0.300 e. The van der Waals surface area contributed by atoms with Crippen LogP contribution in [0.5, 0.6) is 0 Å². The Hall–Kier alpha value is -0.620. The Kier molecular flexibility index (Phi) is 4.04. The highest BCUT2D eigenvalue weighted by atomic mass is 32.2. The molecule has 2 rings (SSSR count). The van der Waals surface area contributed by atoms with Gasteiger partial charge < -0.3 is 4.57 Å². The van der Waals surface area contributed by atoms with E-state index in [1.807, 2.05) is 17.9 Å². The molecule has 6 heteroatoms. The summed E-state index contributed by atoms with van der Waals surface area (Å²) in [6.07, 6.45) is 7.62. The number of nitrogens with zero attached hydrogens (tertiary/aromatic N) is 3. The summed E-state index contributed by atoms with van der Waals surface area (Å²) in [4.78, 5) is 16.1. The normalized spacial score (nSPS) is 17.3. The second kappa shape index (κ2) is 5.35. The van der Waals surface area contributed by atoms with Gasteiger partial charge in [-0.3, -0.25) is 4.57 Å². The Morgan fingerprint density at radius 3 is 2.59 bits per heavy atom. The lowest BCUT2D eigenvalue weighted by molar-refractivity contribution is 0.327. The maximum Gasteiger partial charge on any atom is 0.352 e. The van der Waals surface area contributed by atoms with E-state index in [0.717, 1.165) is 12.8 Å². The maximum absolute atomic E-state index is 12.0. The zero-order chi connectivity index (χ0) is 12.4. The van der Waals surface area contributed by atoms with Crippen LogP contribution in [0.4, 0.5) is 0 Å². The molecule has 0 saturated heterocycles. The summed E-state index contributed by atoms with van der Waals surface area (Å²) in [6.45, 7) is 0. The fraction of sp³-hybridized carbons (Fsp3) is 0.727. The van der Waals surface area contributed by atoms with Crippen LogP contribution < -0.4 is 5.69 Å². The van der Waals surface area contributed by atoms with E-state index in [1.54, 1.807) is 4.57 Å². The van der Waals surface area contributed by atoms with Crippen molar-refractivity contribution in [3.05, 3.63) is 15.3 Å². The van der Waals surface area contributed by atoms with E-state index in [-0.39, 0.29) is 11.7 Å². The second-order valence-corrected chi connectivity index (χ2v) is 5.52. The summed E-state index contributed by atoms with van der Waals surface area (Å²) in [5.41, 5.74) is -0.190. The minimum atomic E-state index is -0.190. The molecule has 4 nitrogen and oxygen atoms in total. The van der Waals surface area contributed by atoms with Gasteiger partial charge >= 0.3 is 5.69 Å². The molecule has 0 aliphatic heterocycles. The zero-order valence-electron chi connectivity index (χ0n) is 10.2. The summed E-state index contributed by atoms with van der Waals surface area (Å²) in [6, 6.07) is 0.248. The van der Waals surface area contributed by atoms with E-state index >= 15 is 0 Å². The average molecular weight is 271 g/mol. The molecule has 1 fully saturated rings. The molecule has 0 unspecified atom stereocenters. The monoisotopic (exact) mass is 271 g/mol. The van der Waals surface area contributed by atoms with E-state index in [9.17, 15) is 4.79 Å². The number of thioether (sulfide) groups is 1. The van der Waals surface area contributed by atoms with Gasteiger partial charge in [0.1, 0.15) is 0 Å². The van der Waals surface area contributed by atoms with Crippen molar-refractivity contribution in [2.75, 3.05) is 6.26 Å². The predicted molar refractivity (Wildman–Crippen MR) is 72.2 cm³/mol. The fourth-order valence-electron chi connectivity index (χ4n) is 2.37. The maximum atomic E-state index is 12.0. The molecule has 1 aromatic rings. The van der Waals surface area contributed by atoms with E-state index in [1.165, 1.54) is 31.0 Å². The van der Waals surface area contributed by atoms with Gasteiger partial charge in [-0.25, -0.2) is 4.79 Å². The molecule has 0 radical (unpaired) electrons. The first kappa shape index (κ1) is 12.8. The number of hydrogen-bond donors (Lipinski definition) is 0. The molecule has 1 saturated carbocycles. The predicted octanol–water partition coefficient (Wildman–Crippen LogP) is 2.54. The van der Waals surface area contributed by atoms with Crippen molar-refractivity contribution in [1.82, 2.24) is 14.1 Å². The lowest BCUT2D eigenvalue weighted by Crippen LogP contribution is -2.32. The Morgan fingerprint density at radius 1 is 1.35 bits per heavy atom. The topological polar surface area (TPSA) is 39.8 Å². The molecule has 0 atom stereocenters. The molecule has 1 aliphatic rings. The molecule has 0 aromatic carbocycles. The van der Waals surface area contributed by atoms with Gasteiger partial charge in [-0.2, -0.15) is 4.98 Å². The third-order valence-electron chi connectivity index (χ3n) is 3.30. The molecule has 1 aromatic heterocycles. The van der Waals surface area contributed by atoms with Gasteiger partial charge in [-0.1, -0.05) is 31.0 Å². The Labute approximate surface area is 110 Å². The Balaban J connectivity index is 2.50. The first-order chi connectivity index (χ1) is 8.15. The van der Waals surface area contributed by atoms with Crippen LogP contribution in [0.2, 0.25) is 0 Å². The summed E-state index contributed by atoms with van der Waals surface area (Å²) in [7, 11) is 1.87. The van der Waals surface area contributed by atoms with Gasteiger partial charge in [-0.05, 0) is 31.3 Å². The lowest BCUT2D eigenvalue weighted by Gasteiger charge is -2.24. The Bertz CT molecular complexity index is 514. The summed E-state index contributed by atoms with van der Waals surface area (Å²) >= 11 is 6.84. The second-order valence-electron chi connectivity index (χ2n) is 4.38. The highest BCUT2D eigenvalue weighted by molar-refractivity contribution is 7.98. The molecule has 1 heterocycles. The van der Waals surface area contributed by atoms with Crippen LogP contribution in [-0.4, -0.2) is 20.4 Å². The first-order valence-corrected chi connectivity index (χ1v) is 7.52. The summed E-state index contributed by atoms with van der Waals surface area (Å²) < 4.78 is 4.13. The van der Waals surface area contributed by atoms with Gasteiger partial charge in [0, 0.05) is 13.1 Å². The first-order valence-electron chi connectivity index (χ1n) is 5.88. The van der Waals surface area contributed by atoms with Crippen molar-refractivity contribution < 1.29 is 0 Å². The molecule has 0 bridgehead atoms. The highest BCUT2D eigenvalue weighted by Gasteiger charge is 2.19. The van der Waals surface area contributed by atoms with Crippen LogP contribution in [0.1, 0.15) is 38.1 Å². The number of hydrogen-bond acceptors (Lipinski definition) is 4. The fourth-order valence-corrected chi connectivity index (χ4v) is 3.27. The third-order valence-corrected chi connectivity index (χ3v) is 4.50. The molecular formula is C11H17N3OS2. The lowest BCUT2D eigenvalue weighted by atomic mass is 9.95. The van der Waals surface area contributed by atoms with Gasteiger partial charge in [-0.15, -0.1) is 0 Å². The Morgan fingerprint density at radius 2 is 2.00 bits per heavy atom. The molecule has 1 aliphatic carbocycles.